The number of carbonyl (C=O) groups excluding carboxylic acids is 5. The maximum atomic E-state index is 14.0. The van der Waals surface area contributed by atoms with E-state index in [1.807, 2.05) is 55.5 Å². The summed E-state index contributed by atoms with van der Waals surface area (Å²) < 4.78 is 0. The smallest absolute Gasteiger partial charge is 0.243 e. The second-order valence-corrected chi connectivity index (χ2v) is 13.2. The second-order valence-electron chi connectivity index (χ2n) is 13.2. The summed E-state index contributed by atoms with van der Waals surface area (Å²) in [5, 5.41) is 13.0. The summed E-state index contributed by atoms with van der Waals surface area (Å²) in [7, 11) is 0. The third kappa shape index (κ3) is 11.1. The first-order valence-electron chi connectivity index (χ1n) is 18.1. The molecule has 280 valence electrons. The molecule has 2 aromatic heterocycles. The highest BCUT2D eigenvalue weighted by atomic mass is 16.2. The van der Waals surface area contributed by atoms with Crippen molar-refractivity contribution in [3.63, 3.8) is 0 Å². The van der Waals surface area contributed by atoms with Gasteiger partial charge in [-0.2, -0.15) is 0 Å². The predicted molar refractivity (Wildman–Crippen MR) is 202 cm³/mol. The Bertz CT molecular complexity index is 1800. The number of benzene rings is 2. The number of carbonyl (C=O) groups is 5. The summed E-state index contributed by atoms with van der Waals surface area (Å²) in [5.41, 5.74) is 20.6. The van der Waals surface area contributed by atoms with Crippen molar-refractivity contribution in [3.05, 3.63) is 72.1 Å². The fraction of sp³-hybridized carbons (Fsp3) is 0.447. The van der Waals surface area contributed by atoms with Gasteiger partial charge < -0.3 is 48.4 Å². The Kier molecular flexibility index (Phi) is 15.2. The van der Waals surface area contributed by atoms with Gasteiger partial charge >= 0.3 is 0 Å². The molecule has 14 heteroatoms. The zero-order valence-corrected chi connectivity index (χ0v) is 29.8. The summed E-state index contributed by atoms with van der Waals surface area (Å²) in [5.74, 6) is -2.74. The standard InChI is InChI=1S/C38H53N9O5/c1-2-3-4-17-34(48)44-30(15-9-18-39)36(50)45-31(16-10-19-40)37(51)47-33(21-25-23-43-29-14-8-6-12-27(25)29)38(52)46-32(35(41)49)20-24-22-42-28-13-7-5-11-26(24)28/h5-8,11-14,22-23,30-33,42-43H,2-4,9-10,15-21,39-40H2,1H3,(H2,41,49)(H,44,48)(H,45,50)(H,46,52)(H,47,51)/t30-,31-,32-,33-/m0/s1. The van der Waals surface area contributed by atoms with Gasteiger partial charge in [0.25, 0.3) is 0 Å². The molecule has 0 fully saturated rings. The largest absolute Gasteiger partial charge is 0.368 e. The number of aromatic nitrogens is 2. The lowest BCUT2D eigenvalue weighted by Crippen LogP contribution is -2.58. The molecule has 0 aliphatic rings. The third-order valence-corrected chi connectivity index (χ3v) is 9.18. The van der Waals surface area contributed by atoms with Crippen LogP contribution in [-0.2, 0) is 36.8 Å². The Morgan fingerprint density at radius 1 is 0.615 bits per heavy atom. The quantitative estimate of drug-likeness (QED) is 0.0547. The molecular formula is C38H53N9O5. The zero-order chi connectivity index (χ0) is 37.5. The molecule has 0 spiro atoms. The highest BCUT2D eigenvalue weighted by molar-refractivity contribution is 5.96. The summed E-state index contributed by atoms with van der Waals surface area (Å²) in [4.78, 5) is 73.3. The molecule has 2 heterocycles. The monoisotopic (exact) mass is 715 g/mol. The van der Waals surface area contributed by atoms with Crippen LogP contribution in [0.2, 0.25) is 0 Å². The van der Waals surface area contributed by atoms with E-state index in [2.05, 4.69) is 31.2 Å². The molecule has 0 bridgehead atoms. The van der Waals surface area contributed by atoms with Crippen LogP contribution in [0.4, 0.5) is 0 Å². The van der Waals surface area contributed by atoms with Gasteiger partial charge in [0, 0.05) is 53.5 Å². The van der Waals surface area contributed by atoms with Gasteiger partial charge in [0.1, 0.15) is 24.2 Å². The van der Waals surface area contributed by atoms with Crippen LogP contribution in [0.3, 0.4) is 0 Å². The van der Waals surface area contributed by atoms with Crippen molar-refractivity contribution in [2.75, 3.05) is 13.1 Å². The lowest BCUT2D eigenvalue weighted by Gasteiger charge is -2.26. The first-order chi connectivity index (χ1) is 25.1. The number of rotatable bonds is 22. The van der Waals surface area contributed by atoms with Crippen LogP contribution in [0.25, 0.3) is 21.8 Å². The van der Waals surface area contributed by atoms with Crippen LogP contribution in [0.15, 0.2) is 60.9 Å². The zero-order valence-electron chi connectivity index (χ0n) is 29.8. The summed E-state index contributed by atoms with van der Waals surface area (Å²) >= 11 is 0. The second kappa shape index (κ2) is 20.0. The molecular weight excluding hydrogens is 662 g/mol. The molecule has 4 rings (SSSR count). The first-order valence-corrected chi connectivity index (χ1v) is 18.1. The van der Waals surface area contributed by atoms with Crippen LogP contribution in [0, 0.1) is 0 Å². The topological polar surface area (TPSA) is 243 Å². The van der Waals surface area contributed by atoms with Crippen molar-refractivity contribution in [1.29, 1.82) is 0 Å². The maximum Gasteiger partial charge on any atom is 0.243 e. The molecule has 4 atom stereocenters. The van der Waals surface area contributed by atoms with Crippen molar-refractivity contribution in [3.8, 4) is 0 Å². The van der Waals surface area contributed by atoms with Gasteiger partial charge in [-0.15, -0.1) is 0 Å². The number of hydrogen-bond acceptors (Lipinski definition) is 7. The maximum absolute atomic E-state index is 14.0. The molecule has 0 saturated heterocycles. The molecule has 0 unspecified atom stereocenters. The Labute approximate surface area is 303 Å². The van der Waals surface area contributed by atoms with Crippen LogP contribution >= 0.6 is 0 Å². The number of primary amides is 1. The number of hydrogen-bond donors (Lipinski definition) is 9. The molecule has 2 aromatic carbocycles. The molecule has 52 heavy (non-hydrogen) atoms. The van der Waals surface area contributed by atoms with E-state index in [9.17, 15) is 24.0 Å². The minimum Gasteiger partial charge on any atom is -0.368 e. The van der Waals surface area contributed by atoms with Crippen molar-refractivity contribution in [2.45, 2.75) is 95.3 Å². The molecule has 0 saturated carbocycles. The molecule has 14 nitrogen and oxygen atoms in total. The van der Waals surface area contributed by atoms with E-state index in [0.29, 0.717) is 32.2 Å². The van der Waals surface area contributed by atoms with E-state index in [1.165, 1.54) is 0 Å². The molecule has 12 N–H and O–H groups in total. The Morgan fingerprint density at radius 3 is 1.60 bits per heavy atom. The highest BCUT2D eigenvalue weighted by Crippen LogP contribution is 2.21. The Hall–Kier alpha value is -5.21. The summed E-state index contributed by atoms with van der Waals surface area (Å²) in [6.45, 7) is 2.62. The van der Waals surface area contributed by atoms with Gasteiger partial charge in [0.2, 0.25) is 29.5 Å². The number of unbranched alkanes of at least 4 members (excludes halogenated alkanes) is 2. The lowest BCUT2D eigenvalue weighted by atomic mass is 10.0. The van der Waals surface area contributed by atoms with Crippen LogP contribution in [-0.4, -0.2) is 76.8 Å². The van der Waals surface area contributed by atoms with E-state index < -0.39 is 47.8 Å². The van der Waals surface area contributed by atoms with Crippen molar-refractivity contribution >= 4 is 51.3 Å². The van der Waals surface area contributed by atoms with E-state index in [0.717, 1.165) is 45.8 Å². The number of para-hydroxylation sites is 2. The molecule has 0 radical (unpaired) electrons. The number of fused-ring (bicyclic) bond motifs is 2. The van der Waals surface area contributed by atoms with E-state index in [1.54, 1.807) is 12.4 Å². The molecule has 0 aliphatic carbocycles. The molecule has 4 aromatic rings. The number of aromatic amines is 2. The number of H-pyrrole nitrogens is 2. The minimum atomic E-state index is -1.15. The lowest BCUT2D eigenvalue weighted by molar-refractivity contribution is -0.134. The normalized spacial score (nSPS) is 13.6. The third-order valence-electron chi connectivity index (χ3n) is 9.18. The molecule has 5 amide bonds. The summed E-state index contributed by atoms with van der Waals surface area (Å²) in [6.07, 6.45) is 7.96. The van der Waals surface area contributed by atoms with Gasteiger partial charge in [0.05, 0.1) is 0 Å². The molecule has 0 aliphatic heterocycles. The number of nitrogens with two attached hydrogens (primary N) is 3. The fourth-order valence-corrected chi connectivity index (χ4v) is 6.27. The predicted octanol–water partition coefficient (Wildman–Crippen LogP) is 1.92. The van der Waals surface area contributed by atoms with Crippen molar-refractivity contribution in [1.82, 2.24) is 31.2 Å². The van der Waals surface area contributed by atoms with Gasteiger partial charge in [-0.1, -0.05) is 56.2 Å². The van der Waals surface area contributed by atoms with E-state index in [-0.39, 0.29) is 38.1 Å². The number of nitrogens with one attached hydrogen (secondary N) is 6. The SMILES string of the molecule is CCCCCC(=O)N[C@@H](CCCN)C(=O)N[C@@H](CCCN)C(=O)N[C@@H](Cc1c[nH]c2ccccc12)C(=O)N[C@@H](Cc1c[nH]c2ccccc12)C(N)=O. The average Bonchev–Trinajstić information content (AvgIpc) is 3.74. The van der Waals surface area contributed by atoms with Gasteiger partial charge in [-0.05, 0) is 68.5 Å². The minimum absolute atomic E-state index is 0.0741. The van der Waals surface area contributed by atoms with Gasteiger partial charge in [-0.25, -0.2) is 0 Å². The van der Waals surface area contributed by atoms with Crippen LogP contribution in [0.5, 0.6) is 0 Å². The van der Waals surface area contributed by atoms with E-state index >= 15 is 0 Å². The highest BCUT2D eigenvalue weighted by Gasteiger charge is 2.31. The van der Waals surface area contributed by atoms with Crippen molar-refractivity contribution < 1.29 is 24.0 Å². The first kappa shape index (κ1) is 39.6. The fourth-order valence-electron chi connectivity index (χ4n) is 6.27. The van der Waals surface area contributed by atoms with Gasteiger partial charge in [0.15, 0.2) is 0 Å². The van der Waals surface area contributed by atoms with Crippen LogP contribution < -0.4 is 38.5 Å². The number of amides is 5. The Balaban J connectivity index is 1.56. The van der Waals surface area contributed by atoms with Crippen LogP contribution in [0.1, 0.15) is 69.4 Å². The van der Waals surface area contributed by atoms with Gasteiger partial charge in [-0.3, -0.25) is 24.0 Å². The average molecular weight is 716 g/mol. The van der Waals surface area contributed by atoms with E-state index in [4.69, 9.17) is 17.2 Å². The Morgan fingerprint density at radius 2 is 1.08 bits per heavy atom. The summed E-state index contributed by atoms with van der Waals surface area (Å²) in [6, 6.07) is 11.0. The van der Waals surface area contributed by atoms with Crippen molar-refractivity contribution in [2.24, 2.45) is 17.2 Å².